The fraction of sp³-hybridized carbons (Fsp3) is 0.222. The molecular formula is C45H45N7O4S. The lowest BCUT2D eigenvalue weighted by Crippen LogP contribution is -2.39. The molecular weight excluding hydrogens is 735 g/mol. The predicted molar refractivity (Wildman–Crippen MR) is 226 cm³/mol. The van der Waals surface area contributed by atoms with E-state index in [0.717, 1.165) is 38.9 Å². The van der Waals surface area contributed by atoms with Crippen LogP contribution < -0.4 is 21.3 Å². The van der Waals surface area contributed by atoms with Gasteiger partial charge in [0.15, 0.2) is 5.11 Å². The van der Waals surface area contributed by atoms with Gasteiger partial charge in [0.1, 0.15) is 11.4 Å². The van der Waals surface area contributed by atoms with Gasteiger partial charge in [0.05, 0.1) is 6.54 Å². The van der Waals surface area contributed by atoms with E-state index in [2.05, 4.69) is 52.0 Å². The number of nitrogens with zero attached hydrogens (tertiary/aromatic N) is 1. The normalized spacial score (nSPS) is 12.2. The predicted octanol–water partition coefficient (Wildman–Crippen LogP) is 7.33. The van der Waals surface area contributed by atoms with Gasteiger partial charge >= 0.3 is 0 Å². The van der Waals surface area contributed by atoms with Crippen LogP contribution in [0.1, 0.15) is 101 Å². The second-order valence-electron chi connectivity index (χ2n) is 13.8. The number of rotatable bonds is 14. The van der Waals surface area contributed by atoms with Crippen LogP contribution in [-0.2, 0) is 45.4 Å². The van der Waals surface area contributed by atoms with Crippen LogP contribution in [0.5, 0.6) is 0 Å². The van der Waals surface area contributed by atoms with Crippen molar-refractivity contribution in [2.45, 2.75) is 66.2 Å². The second kappa shape index (κ2) is 17.1. The number of nitrogens with one attached hydrogen (secondary N) is 6. The highest BCUT2D eigenvalue weighted by Crippen LogP contribution is 2.35. The molecule has 3 heterocycles. The number of amides is 4. The van der Waals surface area contributed by atoms with Gasteiger partial charge in [-0.2, -0.15) is 0 Å². The van der Waals surface area contributed by atoms with Gasteiger partial charge in [0, 0.05) is 59.6 Å². The first kappa shape index (κ1) is 38.7. The molecule has 0 unspecified atom stereocenters. The number of aromatic amines is 2. The molecule has 0 saturated heterocycles. The van der Waals surface area contributed by atoms with Crippen molar-refractivity contribution in [3.8, 4) is 0 Å². The molecule has 7 rings (SSSR count). The molecule has 1 aliphatic rings. The monoisotopic (exact) mass is 779 g/mol. The number of thiocarbonyl (C=S) groups is 1. The summed E-state index contributed by atoms with van der Waals surface area (Å²) in [5.74, 6) is -1.09. The number of hydrogen-bond donors (Lipinski definition) is 6. The summed E-state index contributed by atoms with van der Waals surface area (Å²) in [5, 5.41) is 14.7. The quantitative estimate of drug-likeness (QED) is 0.0501. The highest BCUT2D eigenvalue weighted by molar-refractivity contribution is 7.80. The Morgan fingerprint density at radius 2 is 1.12 bits per heavy atom. The molecule has 12 heteroatoms. The molecule has 1 aliphatic heterocycles. The summed E-state index contributed by atoms with van der Waals surface area (Å²) < 4.78 is 0. The van der Waals surface area contributed by atoms with Crippen LogP contribution in [0.15, 0.2) is 97.3 Å². The maximum Gasteiger partial charge on any atom is 0.267 e. The van der Waals surface area contributed by atoms with Gasteiger partial charge in [-0.25, -0.2) is 0 Å². The van der Waals surface area contributed by atoms with E-state index in [1.807, 2.05) is 48.5 Å². The molecule has 0 bridgehead atoms. The zero-order chi connectivity index (χ0) is 40.1. The summed E-state index contributed by atoms with van der Waals surface area (Å²) in [6.07, 6.45) is 5.55. The zero-order valence-electron chi connectivity index (χ0n) is 32.2. The van der Waals surface area contributed by atoms with E-state index in [9.17, 15) is 19.2 Å². The van der Waals surface area contributed by atoms with E-state index in [0.29, 0.717) is 83.0 Å². The molecule has 290 valence electrons. The minimum atomic E-state index is -0.339. The average molecular weight is 780 g/mol. The van der Waals surface area contributed by atoms with Crippen LogP contribution in [0.2, 0.25) is 0 Å². The van der Waals surface area contributed by atoms with Crippen LogP contribution in [-0.4, -0.2) is 43.6 Å². The minimum Gasteiger partial charge on any atom is -0.358 e. The third kappa shape index (κ3) is 7.81. The number of anilines is 1. The SMILES string of the molecule is CCc1c(CNC(=O)c2ccc[nH]2)c(CC)c(CNC(=S)Nc2ccc3c4c(cccc24)C(=O)N(Cc2ccccc2)C3=O)c(CC)c1CNC(=O)c1ccc[nH]1. The Balaban J connectivity index is 1.17. The number of carbonyl (C=O) groups is 4. The van der Waals surface area contributed by atoms with Crippen molar-refractivity contribution < 1.29 is 19.2 Å². The first-order chi connectivity index (χ1) is 27.7. The Kier molecular flexibility index (Phi) is 11.6. The first-order valence-electron chi connectivity index (χ1n) is 19.2. The van der Waals surface area contributed by atoms with E-state index in [1.165, 1.54) is 4.90 Å². The molecule has 4 amide bonds. The Hall–Kier alpha value is -6.53. The molecule has 0 fully saturated rings. The van der Waals surface area contributed by atoms with Crippen LogP contribution in [0.25, 0.3) is 10.8 Å². The summed E-state index contributed by atoms with van der Waals surface area (Å²) in [4.78, 5) is 60.9. The van der Waals surface area contributed by atoms with E-state index >= 15 is 0 Å². The van der Waals surface area contributed by atoms with Gasteiger partial charge < -0.3 is 31.2 Å². The number of benzene rings is 4. The van der Waals surface area contributed by atoms with Crippen molar-refractivity contribution in [2.75, 3.05) is 5.32 Å². The molecule has 0 saturated carbocycles. The van der Waals surface area contributed by atoms with Gasteiger partial charge in [-0.05, 0) is 113 Å². The van der Waals surface area contributed by atoms with Crippen LogP contribution in [0, 0.1) is 0 Å². The second-order valence-corrected chi connectivity index (χ2v) is 14.3. The molecule has 0 spiro atoms. The highest BCUT2D eigenvalue weighted by atomic mass is 32.1. The Morgan fingerprint density at radius 3 is 1.63 bits per heavy atom. The molecule has 57 heavy (non-hydrogen) atoms. The molecule has 6 N–H and O–H groups in total. The molecule has 4 aromatic carbocycles. The number of imide groups is 1. The fourth-order valence-corrected chi connectivity index (χ4v) is 8.17. The molecule has 0 radical (unpaired) electrons. The standard InChI is InChI=1S/C45H45N7O4S/c1-4-28-34(23-48-41(53)38-17-11-21-46-38)29(5-2)36(30(6-3)35(28)24-49-42(54)39-18-12-22-47-39)25-50-45(57)51-37-20-19-33-40-31(37)15-10-16-32(40)43(55)52(44(33)56)26-27-13-8-7-9-14-27/h7-22,46-47H,4-6,23-26H2,1-3H3,(H,48,53)(H,49,54)(H2,50,51,57). The topological polar surface area (TPSA) is 151 Å². The molecule has 0 aliphatic carbocycles. The smallest absolute Gasteiger partial charge is 0.267 e. The van der Waals surface area contributed by atoms with Crippen molar-refractivity contribution in [3.05, 3.63) is 159 Å². The number of H-pyrrole nitrogens is 2. The summed E-state index contributed by atoms with van der Waals surface area (Å²) in [6.45, 7) is 7.49. The largest absolute Gasteiger partial charge is 0.358 e. The molecule has 6 aromatic rings. The van der Waals surface area contributed by atoms with Crippen molar-refractivity contribution in [2.24, 2.45) is 0 Å². The molecule has 11 nitrogen and oxygen atoms in total. The van der Waals surface area contributed by atoms with Crippen molar-refractivity contribution >= 4 is 57.4 Å². The number of carbonyl (C=O) groups excluding carboxylic acids is 4. The Bertz CT molecular complexity index is 2380. The lowest BCUT2D eigenvalue weighted by Gasteiger charge is -2.28. The van der Waals surface area contributed by atoms with E-state index in [4.69, 9.17) is 12.2 Å². The maximum atomic E-state index is 13.7. The van der Waals surface area contributed by atoms with Gasteiger partial charge in [-0.1, -0.05) is 63.2 Å². The summed E-state index contributed by atoms with van der Waals surface area (Å²) in [5.41, 5.74) is 9.84. The van der Waals surface area contributed by atoms with Gasteiger partial charge in [-0.3, -0.25) is 24.1 Å². The summed E-state index contributed by atoms with van der Waals surface area (Å²) in [6, 6.07) is 25.6. The minimum absolute atomic E-state index is 0.183. The fourth-order valence-electron chi connectivity index (χ4n) is 7.98. The van der Waals surface area contributed by atoms with E-state index < -0.39 is 0 Å². The van der Waals surface area contributed by atoms with Crippen molar-refractivity contribution in [1.29, 1.82) is 0 Å². The lowest BCUT2D eigenvalue weighted by molar-refractivity contribution is 0.0597. The Labute approximate surface area is 336 Å². The highest BCUT2D eigenvalue weighted by Gasteiger charge is 2.33. The maximum absolute atomic E-state index is 13.7. The first-order valence-corrected chi connectivity index (χ1v) is 19.7. The van der Waals surface area contributed by atoms with Crippen LogP contribution in [0.4, 0.5) is 5.69 Å². The summed E-state index contributed by atoms with van der Waals surface area (Å²) in [7, 11) is 0. The Morgan fingerprint density at radius 1 is 0.596 bits per heavy atom. The number of aromatic nitrogens is 2. The lowest BCUT2D eigenvalue weighted by atomic mass is 9.83. The van der Waals surface area contributed by atoms with Gasteiger partial charge in [0.25, 0.3) is 23.6 Å². The van der Waals surface area contributed by atoms with E-state index in [-0.39, 0.29) is 30.2 Å². The molecule has 2 aromatic heterocycles. The zero-order valence-corrected chi connectivity index (χ0v) is 33.0. The third-order valence-electron chi connectivity index (χ3n) is 10.6. The van der Waals surface area contributed by atoms with Crippen molar-refractivity contribution in [3.63, 3.8) is 0 Å². The van der Waals surface area contributed by atoms with E-state index in [1.54, 1.807) is 48.8 Å². The summed E-state index contributed by atoms with van der Waals surface area (Å²) >= 11 is 5.89. The third-order valence-corrected chi connectivity index (χ3v) is 10.9. The molecule has 0 atom stereocenters. The average Bonchev–Trinajstić information content (AvgIpc) is 3.98. The van der Waals surface area contributed by atoms with Crippen LogP contribution >= 0.6 is 12.2 Å². The van der Waals surface area contributed by atoms with Crippen LogP contribution in [0.3, 0.4) is 0 Å². The van der Waals surface area contributed by atoms with Gasteiger partial charge in [-0.15, -0.1) is 0 Å². The van der Waals surface area contributed by atoms with Gasteiger partial charge in [0.2, 0.25) is 0 Å². The number of hydrogen-bond acceptors (Lipinski definition) is 5. The van der Waals surface area contributed by atoms with Crippen molar-refractivity contribution in [1.82, 2.24) is 30.8 Å².